The first kappa shape index (κ1) is 22.1. The van der Waals surface area contributed by atoms with Crippen molar-refractivity contribution < 1.29 is 23.5 Å². The number of rotatable bonds is 8. The first-order valence-corrected chi connectivity index (χ1v) is 11.3. The maximum atomic E-state index is 13.2. The lowest BCUT2D eigenvalue weighted by atomic mass is 9.85. The van der Waals surface area contributed by atoms with E-state index in [1.165, 1.54) is 25.5 Å². The number of carbonyl (C=O) groups excluding carboxylic acids is 2. The van der Waals surface area contributed by atoms with Gasteiger partial charge in [-0.25, -0.2) is 4.39 Å². The van der Waals surface area contributed by atoms with Gasteiger partial charge in [-0.3, -0.25) is 9.59 Å². The lowest BCUT2D eigenvalue weighted by Gasteiger charge is -2.16. The number of hydrogen-bond acceptors (Lipinski definition) is 5. The number of methoxy groups -OCH3 is 1. The van der Waals surface area contributed by atoms with Crippen molar-refractivity contribution in [1.82, 2.24) is 5.01 Å². The van der Waals surface area contributed by atoms with Crippen molar-refractivity contribution in [2.75, 3.05) is 7.11 Å². The van der Waals surface area contributed by atoms with Gasteiger partial charge in [0.1, 0.15) is 12.4 Å². The third kappa shape index (κ3) is 3.81. The number of halogens is 1. The summed E-state index contributed by atoms with van der Waals surface area (Å²) >= 11 is 0. The van der Waals surface area contributed by atoms with E-state index >= 15 is 0 Å². The van der Waals surface area contributed by atoms with Crippen LogP contribution in [0.3, 0.4) is 0 Å². The zero-order chi connectivity index (χ0) is 23.8. The number of fused-ring (bicyclic) bond motifs is 5. The summed E-state index contributed by atoms with van der Waals surface area (Å²) in [6.07, 6.45) is 8.76. The van der Waals surface area contributed by atoms with E-state index in [0.29, 0.717) is 23.5 Å². The van der Waals surface area contributed by atoms with Gasteiger partial charge in [0.2, 0.25) is 0 Å². The highest BCUT2D eigenvalue weighted by Crippen LogP contribution is 2.52. The highest BCUT2D eigenvalue weighted by molar-refractivity contribution is 6.06. The number of allylic oxidation sites excluding steroid dienone is 3. The summed E-state index contributed by atoms with van der Waals surface area (Å²) in [5, 5.41) is 5.29. The van der Waals surface area contributed by atoms with E-state index in [1.54, 1.807) is 24.3 Å². The van der Waals surface area contributed by atoms with Crippen LogP contribution in [0.4, 0.5) is 4.39 Å². The summed E-state index contributed by atoms with van der Waals surface area (Å²) < 4.78 is 24.8. The summed E-state index contributed by atoms with van der Waals surface area (Å²) in [5.74, 6) is 0.00373. The molecule has 174 valence electrons. The summed E-state index contributed by atoms with van der Waals surface area (Å²) in [7, 11) is 1.54. The minimum atomic E-state index is -0.306. The van der Waals surface area contributed by atoms with Gasteiger partial charge in [0.25, 0.3) is 11.8 Å². The van der Waals surface area contributed by atoms with Crippen LogP contribution in [0, 0.1) is 29.5 Å². The van der Waals surface area contributed by atoms with Gasteiger partial charge < -0.3 is 9.47 Å². The smallest absolute Gasteiger partial charge is 0.254 e. The fourth-order valence-corrected chi connectivity index (χ4v) is 5.24. The molecule has 2 aromatic carbocycles. The SMILES string of the molecule is C=CCc1cc(C=NN2C(=O)C3C4C=CC(C4)C3C2=O)cc(OC)c1OCc1ccc(F)cc1. The predicted molar refractivity (Wildman–Crippen MR) is 125 cm³/mol. The van der Waals surface area contributed by atoms with Gasteiger partial charge in [-0.1, -0.05) is 30.4 Å². The van der Waals surface area contributed by atoms with Crippen molar-refractivity contribution in [3.8, 4) is 11.5 Å². The molecule has 34 heavy (non-hydrogen) atoms. The number of nitrogens with zero attached hydrogens (tertiary/aromatic N) is 2. The Labute approximate surface area is 197 Å². The Balaban J connectivity index is 1.38. The van der Waals surface area contributed by atoms with E-state index < -0.39 is 0 Å². The number of hydrazone groups is 1. The maximum Gasteiger partial charge on any atom is 0.254 e. The summed E-state index contributed by atoms with van der Waals surface area (Å²) in [6, 6.07) is 9.71. The number of amides is 2. The molecule has 0 N–H and O–H groups in total. The van der Waals surface area contributed by atoms with Gasteiger partial charge in [0, 0.05) is 5.56 Å². The molecule has 7 heteroatoms. The third-order valence-electron chi connectivity index (χ3n) is 6.80. The van der Waals surface area contributed by atoms with Gasteiger partial charge in [-0.05, 0) is 60.1 Å². The van der Waals surface area contributed by atoms with E-state index in [-0.39, 0.29) is 47.9 Å². The molecule has 1 heterocycles. The average Bonchev–Trinajstić information content (AvgIpc) is 3.52. The molecule has 2 bridgehead atoms. The molecule has 2 fully saturated rings. The van der Waals surface area contributed by atoms with E-state index in [9.17, 15) is 14.0 Å². The minimum Gasteiger partial charge on any atom is -0.493 e. The molecule has 2 amide bonds. The van der Waals surface area contributed by atoms with Gasteiger partial charge >= 0.3 is 0 Å². The van der Waals surface area contributed by atoms with Gasteiger partial charge in [0.15, 0.2) is 11.5 Å². The average molecular weight is 461 g/mol. The fraction of sp³-hybridized carbons (Fsp3) is 0.296. The maximum absolute atomic E-state index is 13.2. The lowest BCUT2D eigenvalue weighted by Crippen LogP contribution is -2.28. The molecule has 2 aromatic rings. The minimum absolute atomic E-state index is 0.142. The Morgan fingerprint density at radius 2 is 1.79 bits per heavy atom. The summed E-state index contributed by atoms with van der Waals surface area (Å²) in [4.78, 5) is 25.7. The van der Waals surface area contributed by atoms with Crippen LogP contribution in [0.25, 0.3) is 0 Å². The normalized spacial score (nSPS) is 24.8. The Morgan fingerprint density at radius 3 is 2.41 bits per heavy atom. The fourth-order valence-electron chi connectivity index (χ4n) is 5.24. The van der Waals surface area contributed by atoms with Crippen LogP contribution in [0.15, 0.2) is 66.3 Å². The van der Waals surface area contributed by atoms with Crippen molar-refractivity contribution in [1.29, 1.82) is 0 Å². The first-order valence-electron chi connectivity index (χ1n) is 11.3. The van der Waals surface area contributed by atoms with Crippen LogP contribution < -0.4 is 9.47 Å². The Hall–Kier alpha value is -3.74. The standard InChI is InChI=1S/C27H25FN2O4/c1-3-4-20-11-17(12-22(33-2)25(20)34-15-16-5-9-21(28)10-6-16)14-29-30-26(31)23-18-7-8-19(13-18)24(23)27(30)32/h3,5-12,14,18-19,23-24H,1,4,13,15H2,2H3. The number of benzene rings is 2. The van der Waals surface area contributed by atoms with Crippen molar-refractivity contribution in [3.05, 3.63) is 83.7 Å². The molecule has 0 aromatic heterocycles. The summed E-state index contributed by atoms with van der Waals surface area (Å²) in [5.41, 5.74) is 2.30. The van der Waals surface area contributed by atoms with Crippen molar-refractivity contribution in [3.63, 3.8) is 0 Å². The molecule has 1 saturated carbocycles. The molecule has 3 aliphatic rings. The molecule has 0 radical (unpaired) electrons. The van der Waals surface area contributed by atoms with Gasteiger partial charge in [0.05, 0.1) is 25.2 Å². The molecule has 6 nitrogen and oxygen atoms in total. The second-order valence-electron chi connectivity index (χ2n) is 8.85. The molecular weight excluding hydrogens is 435 g/mol. The second-order valence-corrected chi connectivity index (χ2v) is 8.85. The molecule has 1 aliphatic heterocycles. The number of carbonyl (C=O) groups is 2. The highest BCUT2D eigenvalue weighted by atomic mass is 19.1. The van der Waals surface area contributed by atoms with E-state index in [0.717, 1.165) is 22.6 Å². The van der Waals surface area contributed by atoms with Crippen LogP contribution in [-0.4, -0.2) is 30.1 Å². The number of ether oxygens (including phenoxy) is 2. The molecule has 2 aliphatic carbocycles. The Bertz CT molecular complexity index is 1170. The van der Waals surface area contributed by atoms with Crippen LogP contribution >= 0.6 is 0 Å². The molecule has 0 spiro atoms. The van der Waals surface area contributed by atoms with E-state index in [1.807, 2.05) is 6.07 Å². The van der Waals surface area contributed by atoms with E-state index in [2.05, 4.69) is 23.8 Å². The van der Waals surface area contributed by atoms with Crippen LogP contribution in [0.1, 0.15) is 23.1 Å². The van der Waals surface area contributed by atoms with Crippen LogP contribution in [0.2, 0.25) is 0 Å². The zero-order valence-electron chi connectivity index (χ0n) is 18.8. The molecular formula is C27H25FN2O4. The van der Waals surface area contributed by atoms with Crippen molar-refractivity contribution in [2.45, 2.75) is 19.4 Å². The third-order valence-corrected chi connectivity index (χ3v) is 6.80. The highest BCUT2D eigenvalue weighted by Gasteiger charge is 2.59. The Morgan fingerprint density at radius 1 is 1.12 bits per heavy atom. The van der Waals surface area contributed by atoms with Gasteiger partial charge in [-0.2, -0.15) is 10.1 Å². The predicted octanol–water partition coefficient (Wildman–Crippen LogP) is 4.28. The van der Waals surface area contributed by atoms with Crippen LogP contribution in [-0.2, 0) is 22.6 Å². The second kappa shape index (κ2) is 8.89. The van der Waals surface area contributed by atoms with Crippen LogP contribution in [0.5, 0.6) is 11.5 Å². The largest absolute Gasteiger partial charge is 0.493 e. The summed E-state index contributed by atoms with van der Waals surface area (Å²) in [6.45, 7) is 4.06. The first-order chi connectivity index (χ1) is 16.5. The van der Waals surface area contributed by atoms with Gasteiger partial charge in [-0.15, -0.1) is 6.58 Å². The quantitative estimate of drug-likeness (QED) is 0.335. The zero-order valence-corrected chi connectivity index (χ0v) is 18.8. The molecule has 1 saturated heterocycles. The van der Waals surface area contributed by atoms with E-state index in [4.69, 9.17) is 9.47 Å². The molecule has 4 atom stereocenters. The monoisotopic (exact) mass is 460 g/mol. The number of imide groups is 1. The Kier molecular flexibility index (Phi) is 5.77. The van der Waals surface area contributed by atoms with Crippen molar-refractivity contribution >= 4 is 18.0 Å². The lowest BCUT2D eigenvalue weighted by molar-refractivity contribution is -0.140. The molecule has 4 unspecified atom stereocenters. The van der Waals surface area contributed by atoms with Crippen molar-refractivity contribution in [2.24, 2.45) is 28.8 Å². The molecule has 5 rings (SSSR count). The topological polar surface area (TPSA) is 68.2 Å². The number of hydrogen-bond donors (Lipinski definition) is 0.